The van der Waals surface area contributed by atoms with Crippen LogP contribution in [0.4, 0.5) is 0 Å². The predicted molar refractivity (Wildman–Crippen MR) is 161 cm³/mol. The van der Waals surface area contributed by atoms with Gasteiger partial charge in [0, 0.05) is 40.6 Å². The highest BCUT2D eigenvalue weighted by atomic mass is 32.2. The predicted octanol–water partition coefficient (Wildman–Crippen LogP) is 6.30. The van der Waals surface area contributed by atoms with Gasteiger partial charge >= 0.3 is 0 Å². The number of hydrazone groups is 1. The third-order valence-corrected chi connectivity index (χ3v) is 8.09. The summed E-state index contributed by atoms with van der Waals surface area (Å²) < 4.78 is 8.36. The van der Waals surface area contributed by atoms with E-state index in [0.29, 0.717) is 29.3 Å². The molecule has 0 saturated carbocycles. The lowest BCUT2D eigenvalue weighted by Crippen LogP contribution is -2.35. The lowest BCUT2D eigenvalue weighted by Gasteiger charge is -2.20. The van der Waals surface area contributed by atoms with Gasteiger partial charge in [0.2, 0.25) is 5.17 Å². The fourth-order valence-corrected chi connectivity index (χ4v) is 5.70. The summed E-state index contributed by atoms with van der Waals surface area (Å²) in [6, 6.07) is 20.0. The Morgan fingerprint density at radius 3 is 2.75 bits per heavy atom. The molecule has 1 atom stereocenters. The summed E-state index contributed by atoms with van der Waals surface area (Å²) >= 11 is 1.26. The number of aliphatic imine (C=N–C) groups is 1. The van der Waals surface area contributed by atoms with E-state index >= 15 is 0 Å². The highest BCUT2D eigenvalue weighted by Gasteiger charge is 2.36. The second-order valence-corrected chi connectivity index (χ2v) is 10.6. The maximum Gasteiger partial charge on any atom is 0.283 e. The molecular formula is C31H28N6O2S. The maximum atomic E-state index is 13.1. The number of hydrogen-bond acceptors (Lipinski definition) is 6. The molecule has 2 aromatic carbocycles. The third-order valence-electron chi connectivity index (χ3n) is 7.13. The molecule has 200 valence electrons. The van der Waals surface area contributed by atoms with E-state index in [0.717, 1.165) is 34.2 Å². The average molecular weight is 549 g/mol. The van der Waals surface area contributed by atoms with Crippen LogP contribution in [0.3, 0.4) is 0 Å². The Morgan fingerprint density at radius 2 is 1.93 bits per heavy atom. The number of benzene rings is 2. The van der Waals surface area contributed by atoms with Crippen LogP contribution >= 0.6 is 11.8 Å². The largest absolute Gasteiger partial charge is 0.491 e. The number of amides is 1. The van der Waals surface area contributed by atoms with Gasteiger partial charge in [0.1, 0.15) is 17.4 Å². The lowest BCUT2D eigenvalue weighted by molar-refractivity contribution is -0.114. The third kappa shape index (κ3) is 4.84. The molecule has 0 saturated heterocycles. The van der Waals surface area contributed by atoms with Crippen LogP contribution in [-0.2, 0) is 11.3 Å². The van der Waals surface area contributed by atoms with Crippen molar-refractivity contribution in [3.63, 3.8) is 0 Å². The Morgan fingerprint density at radius 1 is 1.10 bits per heavy atom. The van der Waals surface area contributed by atoms with Crippen LogP contribution in [0.1, 0.15) is 42.9 Å². The number of ether oxygens (including phenoxy) is 1. The number of para-hydroxylation sites is 2. The number of rotatable bonds is 8. The van der Waals surface area contributed by atoms with E-state index in [2.05, 4.69) is 51.7 Å². The molecule has 8 nitrogen and oxygen atoms in total. The van der Waals surface area contributed by atoms with Gasteiger partial charge < -0.3 is 9.30 Å². The summed E-state index contributed by atoms with van der Waals surface area (Å²) in [4.78, 5) is 21.4. The van der Waals surface area contributed by atoms with E-state index in [4.69, 9.17) is 10.1 Å². The van der Waals surface area contributed by atoms with Crippen LogP contribution in [-0.4, -0.2) is 43.1 Å². The molecule has 1 amide bonds. The van der Waals surface area contributed by atoms with Gasteiger partial charge in [-0.1, -0.05) is 50.2 Å². The highest BCUT2D eigenvalue weighted by Crippen LogP contribution is 2.32. The molecule has 0 bridgehead atoms. The van der Waals surface area contributed by atoms with Gasteiger partial charge in [-0.05, 0) is 60.0 Å². The van der Waals surface area contributed by atoms with Gasteiger partial charge in [0.05, 0.1) is 12.1 Å². The first-order valence-corrected chi connectivity index (χ1v) is 14.1. The van der Waals surface area contributed by atoms with Gasteiger partial charge in [-0.15, -0.1) is 0 Å². The molecule has 2 aromatic heterocycles. The molecular weight excluding hydrogens is 520 g/mol. The van der Waals surface area contributed by atoms with Gasteiger partial charge in [-0.3, -0.25) is 15.2 Å². The summed E-state index contributed by atoms with van der Waals surface area (Å²) in [6.45, 7) is 5.53. The van der Waals surface area contributed by atoms with Gasteiger partial charge in [0.25, 0.3) is 5.91 Å². The minimum atomic E-state index is -0.451. The Balaban J connectivity index is 1.26. The van der Waals surface area contributed by atoms with Crippen LogP contribution in [0, 0.1) is 5.41 Å². The Bertz CT molecular complexity index is 1710. The second-order valence-electron chi connectivity index (χ2n) is 9.66. The zero-order valence-corrected chi connectivity index (χ0v) is 23.1. The Labute approximate surface area is 236 Å². The van der Waals surface area contributed by atoms with Crippen molar-refractivity contribution in [1.82, 2.24) is 14.6 Å². The van der Waals surface area contributed by atoms with Crippen molar-refractivity contribution in [2.24, 2.45) is 10.1 Å². The number of nitrogens with zero attached hydrogens (tertiary/aromatic N) is 5. The molecule has 1 N–H and O–H groups in total. The summed E-state index contributed by atoms with van der Waals surface area (Å²) in [5, 5.41) is 16.8. The molecule has 6 rings (SSSR count). The second kappa shape index (κ2) is 10.9. The smallest absolute Gasteiger partial charge is 0.283 e. The molecule has 9 heteroatoms. The number of fused-ring (bicyclic) bond motifs is 2. The molecule has 40 heavy (non-hydrogen) atoms. The fourth-order valence-electron chi connectivity index (χ4n) is 4.82. The van der Waals surface area contributed by atoms with Crippen molar-refractivity contribution in [3.8, 4) is 5.75 Å². The van der Waals surface area contributed by atoms with E-state index in [-0.39, 0.29) is 11.4 Å². The number of hydrogen-bond donors (Lipinski definition) is 1. The van der Waals surface area contributed by atoms with Crippen LogP contribution in [0.5, 0.6) is 5.75 Å². The number of thioether (sulfide) groups is 1. The first kappa shape index (κ1) is 25.8. The molecule has 4 heterocycles. The summed E-state index contributed by atoms with van der Waals surface area (Å²) in [5.74, 6) is 0.892. The molecule has 4 aromatic rings. The van der Waals surface area contributed by atoms with Gasteiger partial charge in [-0.25, -0.2) is 0 Å². The monoisotopic (exact) mass is 548 g/mol. The van der Waals surface area contributed by atoms with Crippen molar-refractivity contribution in [2.75, 3.05) is 6.61 Å². The van der Waals surface area contributed by atoms with Crippen molar-refractivity contribution in [2.45, 2.75) is 32.7 Å². The SMILES string of the molecule is CC[C@@H](C)c1ccccc1OCCn1cc(/C=C2\C(=N)N3N=C(c4cccnc4)SC3=NC2=O)c2ccccc21. The normalized spacial score (nSPS) is 16.8. The number of carbonyl (C=O) groups excluding carboxylic acids is 1. The number of carbonyl (C=O) groups is 1. The van der Waals surface area contributed by atoms with Crippen LogP contribution in [0.25, 0.3) is 17.0 Å². The maximum absolute atomic E-state index is 13.1. The molecule has 0 radical (unpaired) electrons. The average Bonchev–Trinajstić information content (AvgIpc) is 3.57. The molecule has 0 unspecified atom stereocenters. The van der Waals surface area contributed by atoms with Crippen LogP contribution < -0.4 is 4.74 Å². The van der Waals surface area contributed by atoms with Gasteiger partial charge in [0.15, 0.2) is 5.84 Å². The number of pyridine rings is 1. The molecule has 0 fully saturated rings. The van der Waals surface area contributed by atoms with Crippen LogP contribution in [0.2, 0.25) is 0 Å². The number of aromatic nitrogens is 2. The minimum Gasteiger partial charge on any atom is -0.491 e. The fraction of sp³-hybridized carbons (Fsp3) is 0.194. The summed E-state index contributed by atoms with van der Waals surface area (Å²) in [7, 11) is 0. The standard InChI is InChI=1S/C31H28N6O2S/c1-3-20(2)23-10-5-7-13-27(23)39-16-15-36-19-22(24-11-4-6-12-26(24)36)17-25-28(32)37-31(34-29(25)38)40-30(35-37)21-9-8-14-33-18-21/h4-14,17-20,32H,3,15-16H2,1-2H3/b25-17+,32-28?/t20-/m1/s1. The van der Waals surface area contributed by atoms with E-state index in [1.54, 1.807) is 18.5 Å². The summed E-state index contributed by atoms with van der Waals surface area (Å²) in [5.41, 5.74) is 4.09. The molecule has 0 spiro atoms. The quantitative estimate of drug-likeness (QED) is 0.261. The zero-order valence-electron chi connectivity index (χ0n) is 22.2. The van der Waals surface area contributed by atoms with Crippen molar-refractivity contribution in [1.29, 1.82) is 5.41 Å². The van der Waals surface area contributed by atoms with Crippen molar-refractivity contribution >= 4 is 50.7 Å². The molecule has 2 aliphatic rings. The van der Waals surface area contributed by atoms with E-state index < -0.39 is 5.91 Å². The highest BCUT2D eigenvalue weighted by molar-refractivity contribution is 8.27. The van der Waals surface area contributed by atoms with E-state index in [1.165, 1.54) is 22.3 Å². The van der Waals surface area contributed by atoms with Crippen molar-refractivity contribution < 1.29 is 9.53 Å². The Kier molecular flexibility index (Phi) is 7.04. The minimum absolute atomic E-state index is 0.00297. The zero-order chi connectivity index (χ0) is 27.6. The van der Waals surface area contributed by atoms with E-state index in [9.17, 15) is 4.79 Å². The number of amidine groups is 2. The molecule has 0 aliphatic carbocycles. The molecule has 2 aliphatic heterocycles. The topological polar surface area (TPSA) is 95.9 Å². The van der Waals surface area contributed by atoms with Crippen molar-refractivity contribution in [3.05, 3.63) is 102 Å². The first-order valence-electron chi connectivity index (χ1n) is 13.2. The summed E-state index contributed by atoms with van der Waals surface area (Å²) in [6.07, 6.45) is 8.19. The van der Waals surface area contributed by atoms with E-state index in [1.807, 2.05) is 48.7 Å². The van der Waals surface area contributed by atoms with Gasteiger partial charge in [-0.2, -0.15) is 15.1 Å². The lowest BCUT2D eigenvalue weighted by atomic mass is 9.98. The number of nitrogens with one attached hydrogen (secondary N) is 1. The van der Waals surface area contributed by atoms with Crippen LogP contribution in [0.15, 0.2) is 94.9 Å². The first-order chi connectivity index (χ1) is 19.5. The Hall–Kier alpha value is -4.50.